The van der Waals surface area contributed by atoms with E-state index in [1.807, 2.05) is 37.3 Å². The van der Waals surface area contributed by atoms with Crippen LogP contribution in [0.1, 0.15) is 21.7 Å². The van der Waals surface area contributed by atoms with E-state index in [1.165, 1.54) is 0 Å². The molecule has 3 N–H and O–H groups in total. The van der Waals surface area contributed by atoms with Gasteiger partial charge in [0, 0.05) is 12.1 Å². The quantitative estimate of drug-likeness (QED) is 0.713. The SMILES string of the molecule is CB(O)c1ccc(Cn2c(C)nc3cc(C(N)=O)ccc32)cc1. The number of amides is 1. The second-order valence-electron chi connectivity index (χ2n) is 5.73. The van der Waals surface area contributed by atoms with Crippen LogP contribution in [0, 0.1) is 6.92 Å². The second-order valence-corrected chi connectivity index (χ2v) is 5.73. The van der Waals surface area contributed by atoms with Crippen molar-refractivity contribution in [2.45, 2.75) is 20.3 Å². The van der Waals surface area contributed by atoms with Crippen molar-refractivity contribution in [3.63, 3.8) is 0 Å². The summed E-state index contributed by atoms with van der Waals surface area (Å²) in [6, 6.07) is 13.2. The molecule has 3 aromatic rings. The number of fused-ring (bicyclic) bond motifs is 1. The molecule has 1 amide bonds. The van der Waals surface area contributed by atoms with Crippen LogP contribution in [0.2, 0.25) is 6.82 Å². The maximum absolute atomic E-state index is 11.3. The van der Waals surface area contributed by atoms with Gasteiger partial charge in [-0.1, -0.05) is 31.1 Å². The van der Waals surface area contributed by atoms with Gasteiger partial charge < -0.3 is 15.3 Å². The topological polar surface area (TPSA) is 81.1 Å². The van der Waals surface area contributed by atoms with Crippen molar-refractivity contribution in [3.05, 3.63) is 59.4 Å². The van der Waals surface area contributed by atoms with Gasteiger partial charge in [-0.15, -0.1) is 0 Å². The van der Waals surface area contributed by atoms with Crippen LogP contribution in [0.15, 0.2) is 42.5 Å². The number of imidazole rings is 1. The molecular weight excluding hydrogens is 289 g/mol. The van der Waals surface area contributed by atoms with Gasteiger partial charge in [-0.2, -0.15) is 0 Å². The predicted molar refractivity (Wildman–Crippen MR) is 92.0 cm³/mol. The zero-order valence-corrected chi connectivity index (χ0v) is 13.2. The highest BCUT2D eigenvalue weighted by Gasteiger charge is 2.11. The molecule has 2 aromatic carbocycles. The summed E-state index contributed by atoms with van der Waals surface area (Å²) in [5.41, 5.74) is 9.52. The zero-order valence-electron chi connectivity index (χ0n) is 13.2. The number of primary amides is 1. The lowest BCUT2D eigenvalue weighted by atomic mass is 9.64. The molecule has 0 unspecified atom stereocenters. The number of rotatable bonds is 4. The fourth-order valence-electron chi connectivity index (χ4n) is 2.69. The first-order valence-corrected chi connectivity index (χ1v) is 7.49. The zero-order chi connectivity index (χ0) is 16.6. The molecule has 116 valence electrons. The van der Waals surface area contributed by atoms with Gasteiger partial charge in [-0.3, -0.25) is 4.79 Å². The minimum atomic E-state index is -0.466. The van der Waals surface area contributed by atoms with Crippen molar-refractivity contribution in [1.82, 2.24) is 9.55 Å². The fourth-order valence-corrected chi connectivity index (χ4v) is 2.69. The van der Waals surface area contributed by atoms with E-state index >= 15 is 0 Å². The van der Waals surface area contributed by atoms with Crippen LogP contribution in [0.4, 0.5) is 0 Å². The molecule has 0 fully saturated rings. The molecule has 0 radical (unpaired) electrons. The Hall–Kier alpha value is -2.60. The maximum atomic E-state index is 11.3. The molecule has 0 saturated heterocycles. The van der Waals surface area contributed by atoms with E-state index in [0.717, 1.165) is 27.9 Å². The molecule has 1 aromatic heterocycles. The summed E-state index contributed by atoms with van der Waals surface area (Å²) in [6.45, 7) is 3.90. The first-order valence-electron chi connectivity index (χ1n) is 7.49. The Morgan fingerprint density at radius 2 is 1.96 bits per heavy atom. The summed E-state index contributed by atoms with van der Waals surface area (Å²) in [5, 5.41) is 9.57. The molecule has 5 nitrogen and oxygen atoms in total. The van der Waals surface area contributed by atoms with Crippen LogP contribution in [-0.4, -0.2) is 27.4 Å². The maximum Gasteiger partial charge on any atom is 0.320 e. The van der Waals surface area contributed by atoms with E-state index in [0.29, 0.717) is 12.1 Å². The number of aromatic nitrogens is 2. The molecule has 0 aliphatic rings. The van der Waals surface area contributed by atoms with Crippen LogP contribution < -0.4 is 11.2 Å². The Balaban J connectivity index is 1.96. The van der Waals surface area contributed by atoms with E-state index < -0.39 is 12.8 Å². The highest BCUT2D eigenvalue weighted by molar-refractivity contribution is 6.64. The Bertz CT molecular complexity index is 869. The van der Waals surface area contributed by atoms with Gasteiger partial charge in [0.25, 0.3) is 0 Å². The van der Waals surface area contributed by atoms with Gasteiger partial charge in [-0.05, 0) is 36.1 Å². The molecule has 0 bridgehead atoms. The van der Waals surface area contributed by atoms with Crippen LogP contribution >= 0.6 is 0 Å². The van der Waals surface area contributed by atoms with Gasteiger partial charge in [0.1, 0.15) is 5.82 Å². The number of hydrogen-bond acceptors (Lipinski definition) is 3. The Labute approximate surface area is 134 Å². The summed E-state index contributed by atoms with van der Waals surface area (Å²) >= 11 is 0. The normalized spacial score (nSPS) is 10.9. The lowest BCUT2D eigenvalue weighted by molar-refractivity contribution is 0.100. The van der Waals surface area contributed by atoms with Crippen molar-refractivity contribution < 1.29 is 9.82 Å². The number of hydrogen-bond donors (Lipinski definition) is 2. The van der Waals surface area contributed by atoms with E-state index in [1.54, 1.807) is 19.0 Å². The van der Waals surface area contributed by atoms with E-state index in [9.17, 15) is 9.82 Å². The number of carbonyl (C=O) groups is 1. The molecule has 0 aliphatic heterocycles. The van der Waals surface area contributed by atoms with Crippen LogP contribution in [0.5, 0.6) is 0 Å². The number of nitrogens with two attached hydrogens (primary N) is 1. The van der Waals surface area contributed by atoms with Crippen LogP contribution in [0.3, 0.4) is 0 Å². The molecule has 0 aliphatic carbocycles. The molecule has 1 heterocycles. The van der Waals surface area contributed by atoms with Crippen molar-refractivity contribution in [3.8, 4) is 0 Å². The fraction of sp³-hybridized carbons (Fsp3) is 0.176. The van der Waals surface area contributed by atoms with Crippen molar-refractivity contribution >= 4 is 29.3 Å². The van der Waals surface area contributed by atoms with Crippen molar-refractivity contribution in [2.24, 2.45) is 5.73 Å². The first kappa shape index (κ1) is 15.3. The summed E-state index contributed by atoms with van der Waals surface area (Å²) in [7, 11) is 0. The Morgan fingerprint density at radius 3 is 2.57 bits per heavy atom. The van der Waals surface area contributed by atoms with Gasteiger partial charge in [-0.25, -0.2) is 4.98 Å². The van der Waals surface area contributed by atoms with Crippen molar-refractivity contribution in [2.75, 3.05) is 0 Å². The van der Waals surface area contributed by atoms with E-state index in [-0.39, 0.29) is 0 Å². The van der Waals surface area contributed by atoms with E-state index in [2.05, 4.69) is 9.55 Å². The second kappa shape index (κ2) is 5.89. The number of carbonyl (C=O) groups excluding carboxylic acids is 1. The molecular formula is C17H18BN3O2. The Kier molecular flexibility index (Phi) is 3.92. The van der Waals surface area contributed by atoms with Gasteiger partial charge in [0.05, 0.1) is 11.0 Å². The van der Waals surface area contributed by atoms with Crippen LogP contribution in [-0.2, 0) is 6.54 Å². The van der Waals surface area contributed by atoms with E-state index in [4.69, 9.17) is 5.73 Å². The van der Waals surface area contributed by atoms with Gasteiger partial charge in [0.2, 0.25) is 5.91 Å². The minimum Gasteiger partial charge on any atom is -0.447 e. The first-order chi connectivity index (χ1) is 11.0. The molecule has 6 heteroatoms. The van der Waals surface area contributed by atoms with Gasteiger partial charge in [0.15, 0.2) is 0 Å². The molecule has 0 spiro atoms. The van der Waals surface area contributed by atoms with Gasteiger partial charge >= 0.3 is 6.92 Å². The standard InChI is InChI=1S/C17H18BN3O2/c1-11-20-15-9-13(17(19)22)5-8-16(15)21(11)10-12-3-6-14(7-4-12)18(2)23/h3-9,23H,10H2,1-2H3,(H2,19,22). The van der Waals surface area contributed by atoms with Crippen LogP contribution in [0.25, 0.3) is 11.0 Å². The molecule has 3 rings (SSSR count). The molecule has 23 heavy (non-hydrogen) atoms. The summed E-state index contributed by atoms with van der Waals surface area (Å²) in [5.74, 6) is 0.425. The lowest BCUT2D eigenvalue weighted by Crippen LogP contribution is -2.25. The molecule has 0 atom stereocenters. The molecule has 0 saturated carbocycles. The minimum absolute atomic E-state index is 0.451. The number of benzene rings is 2. The lowest BCUT2D eigenvalue weighted by Gasteiger charge is -2.08. The average Bonchev–Trinajstić information content (AvgIpc) is 2.83. The number of aryl methyl sites for hydroxylation is 1. The monoisotopic (exact) mass is 307 g/mol. The predicted octanol–water partition coefficient (Wildman–Crippen LogP) is 1.31. The largest absolute Gasteiger partial charge is 0.447 e. The summed E-state index contributed by atoms with van der Waals surface area (Å²) < 4.78 is 2.09. The summed E-state index contributed by atoms with van der Waals surface area (Å²) in [6.07, 6.45) is 0. The summed E-state index contributed by atoms with van der Waals surface area (Å²) in [4.78, 5) is 15.8. The Morgan fingerprint density at radius 1 is 1.26 bits per heavy atom. The third kappa shape index (κ3) is 2.98. The third-order valence-corrected chi connectivity index (χ3v) is 4.03. The average molecular weight is 307 g/mol. The number of nitrogens with zero attached hydrogens (tertiary/aromatic N) is 2. The third-order valence-electron chi connectivity index (χ3n) is 4.03. The highest BCUT2D eigenvalue weighted by Crippen LogP contribution is 2.19. The smallest absolute Gasteiger partial charge is 0.320 e. The highest BCUT2D eigenvalue weighted by atomic mass is 16.2. The van der Waals surface area contributed by atoms with Crippen molar-refractivity contribution in [1.29, 1.82) is 0 Å².